The second-order valence-corrected chi connectivity index (χ2v) is 6.95. The fraction of sp³-hybridized carbons (Fsp3) is 0.533. The van der Waals surface area contributed by atoms with E-state index in [1.165, 1.54) is 0 Å². The molecule has 0 spiro atoms. The Morgan fingerprint density at radius 2 is 2.15 bits per heavy atom. The third-order valence-electron chi connectivity index (χ3n) is 3.52. The Morgan fingerprint density at radius 3 is 2.75 bits per heavy atom. The molecule has 0 radical (unpaired) electrons. The molecular formula is C15H20ClNO2S. The highest BCUT2D eigenvalue weighted by atomic mass is 35.5. The summed E-state index contributed by atoms with van der Waals surface area (Å²) in [4.78, 5) is 12.1. The predicted molar refractivity (Wildman–Crippen MR) is 84.3 cm³/mol. The van der Waals surface area contributed by atoms with E-state index < -0.39 is 5.60 Å². The zero-order valence-electron chi connectivity index (χ0n) is 11.7. The lowest BCUT2D eigenvalue weighted by Crippen LogP contribution is -2.43. The van der Waals surface area contributed by atoms with Crippen LogP contribution in [0.3, 0.4) is 0 Å². The molecule has 1 saturated carbocycles. The van der Waals surface area contributed by atoms with Crippen molar-refractivity contribution in [3.63, 3.8) is 0 Å². The van der Waals surface area contributed by atoms with E-state index in [0.29, 0.717) is 17.3 Å². The van der Waals surface area contributed by atoms with E-state index in [1.54, 1.807) is 18.7 Å². The lowest BCUT2D eigenvalue weighted by molar-refractivity contribution is -0.123. The van der Waals surface area contributed by atoms with Gasteiger partial charge in [0.15, 0.2) is 0 Å². The van der Waals surface area contributed by atoms with Crippen LogP contribution in [0.4, 0.5) is 0 Å². The molecule has 1 fully saturated rings. The van der Waals surface area contributed by atoms with E-state index in [2.05, 4.69) is 5.32 Å². The normalized spacial score (nSPS) is 24.0. The van der Waals surface area contributed by atoms with Gasteiger partial charge in [-0.2, -0.15) is 11.8 Å². The number of carbonyl (C=O) groups excluding carboxylic acids is 1. The summed E-state index contributed by atoms with van der Waals surface area (Å²) < 4.78 is 0. The molecule has 1 aliphatic carbocycles. The number of halogens is 1. The number of hydrogen-bond donors (Lipinski definition) is 2. The van der Waals surface area contributed by atoms with Crippen molar-refractivity contribution in [1.82, 2.24) is 5.32 Å². The molecule has 3 nitrogen and oxygen atoms in total. The highest BCUT2D eigenvalue weighted by Gasteiger charge is 2.44. The maximum atomic E-state index is 12.1. The number of carbonyl (C=O) groups is 1. The topological polar surface area (TPSA) is 49.3 Å². The van der Waals surface area contributed by atoms with Crippen molar-refractivity contribution in [2.45, 2.75) is 24.9 Å². The predicted octanol–water partition coefficient (Wildman–Crippen LogP) is 2.67. The summed E-state index contributed by atoms with van der Waals surface area (Å²) in [6.45, 7) is 2.05. The van der Waals surface area contributed by atoms with Gasteiger partial charge >= 0.3 is 0 Å². The average molecular weight is 314 g/mol. The molecule has 0 saturated heterocycles. The number of aliphatic hydroxyl groups is 1. The molecule has 1 amide bonds. The molecule has 110 valence electrons. The molecule has 1 aliphatic rings. The molecule has 20 heavy (non-hydrogen) atoms. The van der Waals surface area contributed by atoms with Crippen molar-refractivity contribution in [3.05, 3.63) is 34.9 Å². The molecule has 2 rings (SSSR count). The first-order valence-corrected chi connectivity index (χ1v) is 8.44. The van der Waals surface area contributed by atoms with Crippen molar-refractivity contribution in [1.29, 1.82) is 0 Å². The number of rotatable bonds is 6. The van der Waals surface area contributed by atoms with E-state index in [0.717, 1.165) is 12.0 Å². The number of thioether (sulfide) groups is 1. The van der Waals surface area contributed by atoms with Gasteiger partial charge in [-0.15, -0.1) is 0 Å². The first-order chi connectivity index (χ1) is 9.43. The summed E-state index contributed by atoms with van der Waals surface area (Å²) in [5, 5.41) is 13.6. The summed E-state index contributed by atoms with van der Waals surface area (Å²) >= 11 is 7.43. The Balaban J connectivity index is 1.83. The molecule has 3 atom stereocenters. The third-order valence-corrected chi connectivity index (χ3v) is 4.69. The van der Waals surface area contributed by atoms with Gasteiger partial charge in [0.05, 0.1) is 5.60 Å². The Hall–Kier alpha value is -0.710. The number of amides is 1. The number of hydrogen-bond acceptors (Lipinski definition) is 3. The van der Waals surface area contributed by atoms with E-state index in [-0.39, 0.29) is 17.7 Å². The van der Waals surface area contributed by atoms with Crippen LogP contribution in [0.2, 0.25) is 5.02 Å². The summed E-state index contributed by atoms with van der Waals surface area (Å²) in [6, 6.07) is 7.66. The minimum atomic E-state index is -0.847. The van der Waals surface area contributed by atoms with Gasteiger partial charge in [-0.25, -0.2) is 0 Å². The highest BCUT2D eigenvalue weighted by molar-refractivity contribution is 7.98. The van der Waals surface area contributed by atoms with Gasteiger partial charge in [-0.05, 0) is 43.2 Å². The van der Waals surface area contributed by atoms with Crippen LogP contribution >= 0.6 is 23.4 Å². The fourth-order valence-corrected chi connectivity index (χ4v) is 3.18. The molecule has 2 N–H and O–H groups in total. The summed E-state index contributed by atoms with van der Waals surface area (Å²) in [6.07, 6.45) is 2.81. The lowest BCUT2D eigenvalue weighted by atomic mass is 10.1. The lowest BCUT2D eigenvalue weighted by Gasteiger charge is -2.22. The zero-order valence-corrected chi connectivity index (χ0v) is 13.3. The molecule has 0 heterocycles. The SMILES string of the molecule is CSCC(C)(O)CNC(=O)C1CC1c1ccc(Cl)cc1. The van der Waals surface area contributed by atoms with Crippen molar-refractivity contribution >= 4 is 29.3 Å². The van der Waals surface area contributed by atoms with Gasteiger partial charge < -0.3 is 10.4 Å². The van der Waals surface area contributed by atoms with Crippen LogP contribution in [0.25, 0.3) is 0 Å². The second-order valence-electron chi connectivity index (χ2n) is 5.65. The Bertz CT molecular complexity index is 475. The maximum absolute atomic E-state index is 12.1. The van der Waals surface area contributed by atoms with Gasteiger partial charge in [0.2, 0.25) is 5.91 Å². The zero-order chi connectivity index (χ0) is 14.8. The smallest absolute Gasteiger partial charge is 0.223 e. The van der Waals surface area contributed by atoms with Crippen molar-refractivity contribution in [3.8, 4) is 0 Å². The number of benzene rings is 1. The molecule has 0 aliphatic heterocycles. The van der Waals surface area contributed by atoms with Gasteiger partial charge in [0.25, 0.3) is 0 Å². The van der Waals surface area contributed by atoms with Crippen molar-refractivity contribution in [2.75, 3.05) is 18.6 Å². The van der Waals surface area contributed by atoms with Crippen LogP contribution < -0.4 is 5.32 Å². The Kier molecular flexibility index (Phi) is 4.99. The van der Waals surface area contributed by atoms with Crippen molar-refractivity contribution < 1.29 is 9.90 Å². The summed E-state index contributed by atoms with van der Waals surface area (Å²) in [7, 11) is 0. The summed E-state index contributed by atoms with van der Waals surface area (Å²) in [5.74, 6) is 0.962. The molecule has 1 aromatic carbocycles. The first-order valence-electron chi connectivity index (χ1n) is 6.67. The van der Waals surface area contributed by atoms with E-state index in [9.17, 15) is 9.90 Å². The van der Waals surface area contributed by atoms with Crippen LogP contribution in [0.15, 0.2) is 24.3 Å². The largest absolute Gasteiger partial charge is 0.387 e. The van der Waals surface area contributed by atoms with Crippen LogP contribution in [0.1, 0.15) is 24.8 Å². The molecule has 0 aromatic heterocycles. The minimum Gasteiger partial charge on any atom is -0.387 e. The van der Waals surface area contributed by atoms with Crippen LogP contribution in [-0.4, -0.2) is 35.2 Å². The molecule has 3 unspecified atom stereocenters. The fourth-order valence-electron chi connectivity index (χ4n) is 2.33. The monoisotopic (exact) mass is 313 g/mol. The van der Waals surface area contributed by atoms with E-state index >= 15 is 0 Å². The van der Waals surface area contributed by atoms with Crippen molar-refractivity contribution in [2.24, 2.45) is 5.92 Å². The maximum Gasteiger partial charge on any atom is 0.223 e. The Morgan fingerprint density at radius 1 is 1.50 bits per heavy atom. The van der Waals surface area contributed by atoms with Gasteiger partial charge in [0, 0.05) is 23.2 Å². The third kappa shape index (κ3) is 4.14. The molecule has 0 bridgehead atoms. The van der Waals surface area contributed by atoms with Gasteiger partial charge in [-0.1, -0.05) is 23.7 Å². The van der Waals surface area contributed by atoms with E-state index in [4.69, 9.17) is 11.6 Å². The highest BCUT2D eigenvalue weighted by Crippen LogP contribution is 2.47. The van der Waals surface area contributed by atoms with Gasteiger partial charge in [0.1, 0.15) is 0 Å². The Labute approximate surface area is 129 Å². The summed E-state index contributed by atoms with van der Waals surface area (Å²) in [5.41, 5.74) is 0.310. The molecule has 5 heteroatoms. The van der Waals surface area contributed by atoms with Crippen LogP contribution in [0.5, 0.6) is 0 Å². The average Bonchev–Trinajstić information content (AvgIpc) is 3.17. The second kappa shape index (κ2) is 6.37. The van der Waals surface area contributed by atoms with Gasteiger partial charge in [-0.3, -0.25) is 4.79 Å². The minimum absolute atomic E-state index is 0.0289. The quantitative estimate of drug-likeness (QED) is 0.849. The van der Waals surface area contributed by atoms with Crippen LogP contribution in [-0.2, 0) is 4.79 Å². The number of nitrogens with one attached hydrogen (secondary N) is 1. The molecular weight excluding hydrogens is 294 g/mol. The van der Waals surface area contributed by atoms with Crippen LogP contribution in [0, 0.1) is 5.92 Å². The van der Waals surface area contributed by atoms with E-state index in [1.807, 2.05) is 30.5 Å². The first kappa shape index (κ1) is 15.7. The molecule has 1 aromatic rings. The standard InChI is InChI=1S/C15H20ClNO2S/c1-15(19,9-20-2)8-17-14(18)13-7-12(13)10-3-5-11(16)6-4-10/h3-6,12-13,19H,7-9H2,1-2H3,(H,17,18).